The summed E-state index contributed by atoms with van der Waals surface area (Å²) < 4.78 is 25.8. The van der Waals surface area contributed by atoms with E-state index in [1.54, 1.807) is 0 Å². The van der Waals surface area contributed by atoms with Crippen LogP contribution in [0.5, 0.6) is 0 Å². The van der Waals surface area contributed by atoms with E-state index < -0.39 is 16.1 Å². The fourth-order valence-electron chi connectivity index (χ4n) is 3.67. The highest BCUT2D eigenvalue weighted by atomic mass is 32.2. The SMILES string of the molecule is CCCC[C@H](C(=O)N[C@H]1CCC[C@H](C)C1)N1CCCS1(=O)=O. The van der Waals surface area contributed by atoms with Crippen molar-refractivity contribution in [3.8, 4) is 0 Å². The molecule has 2 aliphatic rings. The summed E-state index contributed by atoms with van der Waals surface area (Å²) in [5.41, 5.74) is 0. The van der Waals surface area contributed by atoms with E-state index in [1.165, 1.54) is 10.7 Å². The third kappa shape index (κ3) is 4.44. The molecule has 0 bridgehead atoms. The predicted octanol–water partition coefficient (Wildman–Crippen LogP) is 2.28. The van der Waals surface area contributed by atoms with Crippen LogP contribution in [0.1, 0.15) is 65.2 Å². The molecule has 1 saturated heterocycles. The number of rotatable bonds is 6. The Morgan fingerprint density at radius 3 is 2.68 bits per heavy atom. The van der Waals surface area contributed by atoms with Gasteiger partial charge in [-0.05, 0) is 31.6 Å². The van der Waals surface area contributed by atoms with E-state index in [4.69, 9.17) is 0 Å². The Kier molecular flexibility index (Phi) is 6.26. The highest BCUT2D eigenvalue weighted by molar-refractivity contribution is 7.89. The minimum absolute atomic E-state index is 0.0852. The number of amides is 1. The second-order valence-corrected chi connectivity index (χ2v) is 8.96. The second-order valence-electron chi connectivity index (χ2n) is 6.92. The number of unbranched alkanes of at least 4 members (excludes halogenated alkanes) is 1. The van der Waals surface area contributed by atoms with Gasteiger partial charge < -0.3 is 5.32 Å². The fraction of sp³-hybridized carbons (Fsp3) is 0.938. The summed E-state index contributed by atoms with van der Waals surface area (Å²) in [4.78, 5) is 12.7. The van der Waals surface area contributed by atoms with Crippen molar-refractivity contribution in [1.29, 1.82) is 0 Å². The van der Waals surface area contributed by atoms with E-state index >= 15 is 0 Å². The van der Waals surface area contributed by atoms with Crippen molar-refractivity contribution in [2.24, 2.45) is 5.92 Å². The molecule has 3 atom stereocenters. The van der Waals surface area contributed by atoms with Gasteiger partial charge in [0, 0.05) is 12.6 Å². The van der Waals surface area contributed by atoms with Crippen molar-refractivity contribution in [1.82, 2.24) is 9.62 Å². The molecule has 0 spiro atoms. The zero-order valence-corrected chi connectivity index (χ0v) is 14.7. The number of carbonyl (C=O) groups is 1. The van der Waals surface area contributed by atoms with Gasteiger partial charge in [-0.3, -0.25) is 4.79 Å². The first-order chi connectivity index (χ1) is 10.4. The van der Waals surface area contributed by atoms with Gasteiger partial charge in [-0.2, -0.15) is 4.31 Å². The molecule has 2 fully saturated rings. The van der Waals surface area contributed by atoms with Crippen molar-refractivity contribution in [3.63, 3.8) is 0 Å². The monoisotopic (exact) mass is 330 g/mol. The summed E-state index contributed by atoms with van der Waals surface area (Å²) in [7, 11) is -3.24. The summed E-state index contributed by atoms with van der Waals surface area (Å²) in [5, 5.41) is 3.13. The van der Waals surface area contributed by atoms with Gasteiger partial charge in [0.1, 0.15) is 6.04 Å². The Morgan fingerprint density at radius 2 is 2.09 bits per heavy atom. The lowest BCUT2D eigenvalue weighted by Gasteiger charge is -2.31. The molecular formula is C16H30N2O3S. The van der Waals surface area contributed by atoms with Crippen LogP contribution in [0.2, 0.25) is 0 Å². The van der Waals surface area contributed by atoms with Crippen LogP contribution in [0, 0.1) is 5.92 Å². The molecule has 1 heterocycles. The largest absolute Gasteiger partial charge is 0.352 e. The molecule has 5 nitrogen and oxygen atoms in total. The Labute approximate surface area is 134 Å². The Morgan fingerprint density at radius 1 is 1.32 bits per heavy atom. The van der Waals surface area contributed by atoms with E-state index in [9.17, 15) is 13.2 Å². The molecule has 1 aliphatic carbocycles. The lowest BCUT2D eigenvalue weighted by molar-refractivity contribution is -0.126. The number of sulfonamides is 1. The number of hydrogen-bond donors (Lipinski definition) is 1. The zero-order chi connectivity index (χ0) is 16.2. The summed E-state index contributed by atoms with van der Waals surface area (Å²) in [6.45, 7) is 4.78. The first kappa shape index (κ1) is 17.7. The van der Waals surface area contributed by atoms with Crippen LogP contribution < -0.4 is 5.32 Å². The first-order valence-electron chi connectivity index (χ1n) is 8.74. The Bertz CT molecular complexity index is 478. The van der Waals surface area contributed by atoms with Crippen molar-refractivity contribution >= 4 is 15.9 Å². The van der Waals surface area contributed by atoms with Crippen LogP contribution in [-0.4, -0.2) is 43.0 Å². The molecular weight excluding hydrogens is 300 g/mol. The maximum absolute atomic E-state index is 12.7. The summed E-state index contributed by atoms with van der Waals surface area (Å²) in [5.74, 6) is 0.741. The van der Waals surface area contributed by atoms with Gasteiger partial charge in [-0.15, -0.1) is 0 Å². The van der Waals surface area contributed by atoms with Crippen molar-refractivity contribution in [2.45, 2.75) is 77.3 Å². The van der Waals surface area contributed by atoms with Gasteiger partial charge in [-0.1, -0.05) is 39.5 Å². The van der Waals surface area contributed by atoms with Crippen LogP contribution in [0.15, 0.2) is 0 Å². The minimum Gasteiger partial charge on any atom is -0.352 e. The van der Waals surface area contributed by atoms with E-state index in [0.717, 1.165) is 32.1 Å². The lowest BCUT2D eigenvalue weighted by atomic mass is 9.87. The molecule has 0 aromatic heterocycles. The first-order valence-corrected chi connectivity index (χ1v) is 10.3. The van der Waals surface area contributed by atoms with Crippen molar-refractivity contribution < 1.29 is 13.2 Å². The molecule has 1 amide bonds. The normalized spacial score (nSPS) is 30.1. The molecule has 0 unspecified atom stereocenters. The van der Waals surface area contributed by atoms with Crippen LogP contribution in [0.3, 0.4) is 0 Å². The van der Waals surface area contributed by atoms with Crippen LogP contribution >= 0.6 is 0 Å². The van der Waals surface area contributed by atoms with Gasteiger partial charge >= 0.3 is 0 Å². The molecule has 6 heteroatoms. The Balaban J connectivity index is 2.02. The third-order valence-electron chi connectivity index (χ3n) is 4.90. The number of nitrogens with zero attached hydrogens (tertiary/aromatic N) is 1. The van der Waals surface area contributed by atoms with Crippen molar-refractivity contribution in [2.75, 3.05) is 12.3 Å². The smallest absolute Gasteiger partial charge is 0.238 e. The maximum atomic E-state index is 12.7. The summed E-state index contributed by atoms with van der Waals surface area (Å²) >= 11 is 0. The highest BCUT2D eigenvalue weighted by Crippen LogP contribution is 2.25. The fourth-order valence-corrected chi connectivity index (χ4v) is 5.40. The quantitative estimate of drug-likeness (QED) is 0.812. The van der Waals surface area contributed by atoms with Gasteiger partial charge in [0.15, 0.2) is 0 Å². The molecule has 22 heavy (non-hydrogen) atoms. The van der Waals surface area contributed by atoms with Crippen LogP contribution in [0.4, 0.5) is 0 Å². The standard InChI is InChI=1S/C16H30N2O3S/c1-3-4-9-15(18-10-6-11-22(18,20)21)16(19)17-14-8-5-7-13(2)12-14/h13-15H,3-12H2,1-2H3,(H,17,19)/t13-,14-,15+/m0/s1. The van der Waals surface area contributed by atoms with Crippen molar-refractivity contribution in [3.05, 3.63) is 0 Å². The van der Waals surface area contributed by atoms with Gasteiger partial charge in [0.2, 0.25) is 15.9 Å². The Hall–Kier alpha value is -0.620. The molecule has 2 rings (SSSR count). The van der Waals surface area contributed by atoms with E-state index in [2.05, 4.69) is 19.2 Å². The number of carbonyl (C=O) groups excluding carboxylic acids is 1. The van der Waals surface area contributed by atoms with Gasteiger partial charge in [0.05, 0.1) is 5.75 Å². The highest BCUT2D eigenvalue weighted by Gasteiger charge is 2.38. The molecule has 0 aromatic rings. The molecule has 0 radical (unpaired) electrons. The second kappa shape index (κ2) is 7.77. The van der Waals surface area contributed by atoms with Crippen LogP contribution in [0.25, 0.3) is 0 Å². The molecule has 1 aliphatic heterocycles. The summed E-state index contributed by atoms with van der Waals surface area (Å²) in [6, 6.07) is -0.296. The average Bonchev–Trinajstić information content (AvgIpc) is 2.79. The maximum Gasteiger partial charge on any atom is 0.238 e. The number of hydrogen-bond acceptors (Lipinski definition) is 3. The molecule has 128 valence electrons. The third-order valence-corrected chi connectivity index (χ3v) is 6.86. The zero-order valence-electron chi connectivity index (χ0n) is 13.9. The van der Waals surface area contributed by atoms with E-state index in [1.807, 2.05) is 0 Å². The van der Waals surface area contributed by atoms with Gasteiger partial charge in [0.25, 0.3) is 0 Å². The van der Waals surface area contributed by atoms with Crippen LogP contribution in [-0.2, 0) is 14.8 Å². The summed E-state index contributed by atoms with van der Waals surface area (Å²) in [6.07, 6.45) is 7.52. The molecule has 0 aromatic carbocycles. The minimum atomic E-state index is -3.24. The van der Waals surface area contributed by atoms with E-state index in [0.29, 0.717) is 25.3 Å². The van der Waals surface area contributed by atoms with Gasteiger partial charge in [-0.25, -0.2) is 8.42 Å². The average molecular weight is 330 g/mol. The molecule has 1 saturated carbocycles. The number of nitrogens with one attached hydrogen (secondary N) is 1. The predicted molar refractivity (Wildman–Crippen MR) is 88.0 cm³/mol. The lowest BCUT2D eigenvalue weighted by Crippen LogP contribution is -2.51. The van der Waals surface area contributed by atoms with E-state index in [-0.39, 0.29) is 17.7 Å². The topological polar surface area (TPSA) is 66.5 Å². The molecule has 1 N–H and O–H groups in total.